The molecule has 0 aromatic carbocycles. The molecule has 98 valence electrons. The van der Waals surface area contributed by atoms with Crippen molar-refractivity contribution in [2.45, 2.75) is 39.3 Å². The van der Waals surface area contributed by atoms with Gasteiger partial charge in [0.05, 0.1) is 22.4 Å². The summed E-state index contributed by atoms with van der Waals surface area (Å²) in [6, 6.07) is 2.43. The Labute approximate surface area is 111 Å². The molecule has 1 unspecified atom stereocenters. The van der Waals surface area contributed by atoms with Crippen LogP contribution in [0.5, 0.6) is 0 Å². The van der Waals surface area contributed by atoms with E-state index in [9.17, 15) is 0 Å². The average molecular weight is 265 g/mol. The quantitative estimate of drug-likeness (QED) is 0.640. The van der Waals surface area contributed by atoms with Crippen LogP contribution in [0.3, 0.4) is 0 Å². The molecule has 5 nitrogen and oxygen atoms in total. The van der Waals surface area contributed by atoms with Gasteiger partial charge in [0.2, 0.25) is 0 Å². The van der Waals surface area contributed by atoms with Crippen molar-refractivity contribution in [3.8, 4) is 0 Å². The van der Waals surface area contributed by atoms with Crippen molar-refractivity contribution >= 4 is 11.3 Å². The van der Waals surface area contributed by atoms with Gasteiger partial charge in [0.25, 0.3) is 0 Å². The first-order chi connectivity index (χ1) is 8.60. The second-order valence-corrected chi connectivity index (χ2v) is 5.66. The lowest BCUT2D eigenvalue weighted by molar-refractivity contribution is 0.503. The molecule has 0 bridgehead atoms. The van der Waals surface area contributed by atoms with Gasteiger partial charge in [-0.2, -0.15) is 5.10 Å². The van der Waals surface area contributed by atoms with Gasteiger partial charge in [-0.3, -0.25) is 16.0 Å². The van der Waals surface area contributed by atoms with Crippen LogP contribution < -0.4 is 11.3 Å². The van der Waals surface area contributed by atoms with E-state index in [-0.39, 0.29) is 6.04 Å². The van der Waals surface area contributed by atoms with E-state index in [2.05, 4.69) is 29.4 Å². The molecule has 0 aliphatic heterocycles. The van der Waals surface area contributed by atoms with Crippen molar-refractivity contribution < 1.29 is 0 Å². The van der Waals surface area contributed by atoms with Crippen molar-refractivity contribution in [2.24, 2.45) is 5.84 Å². The van der Waals surface area contributed by atoms with Gasteiger partial charge in [-0.15, -0.1) is 11.3 Å². The zero-order valence-electron chi connectivity index (χ0n) is 10.9. The Bertz CT molecular complexity index is 502. The summed E-state index contributed by atoms with van der Waals surface area (Å²) < 4.78 is 1.95. The largest absolute Gasteiger partial charge is 0.271 e. The maximum Gasteiger partial charge on any atom is 0.0898 e. The molecule has 18 heavy (non-hydrogen) atoms. The van der Waals surface area contributed by atoms with E-state index >= 15 is 0 Å². The maximum atomic E-state index is 5.61. The lowest BCUT2D eigenvalue weighted by Gasteiger charge is -2.12. The molecule has 1 atom stereocenters. The number of nitrogens with two attached hydrogens (primary N) is 1. The zero-order chi connectivity index (χ0) is 13.1. The minimum atomic E-state index is 0.0189. The van der Waals surface area contributed by atoms with E-state index in [0.717, 1.165) is 22.8 Å². The fraction of sp³-hybridized carbons (Fsp3) is 0.500. The van der Waals surface area contributed by atoms with Crippen molar-refractivity contribution in [2.75, 3.05) is 0 Å². The SMILES string of the molecule is Cc1nc(C(Cc2ccn(C(C)C)n2)NN)cs1. The van der Waals surface area contributed by atoms with Crippen LogP contribution in [0.1, 0.15) is 42.3 Å². The first-order valence-electron chi connectivity index (χ1n) is 6.02. The summed E-state index contributed by atoms with van der Waals surface area (Å²) in [6.45, 7) is 6.22. The normalized spacial score (nSPS) is 13.2. The Balaban J connectivity index is 2.10. The third-order valence-corrected chi connectivity index (χ3v) is 3.59. The van der Waals surface area contributed by atoms with Crippen molar-refractivity contribution in [3.05, 3.63) is 34.0 Å². The Kier molecular flexibility index (Phi) is 4.11. The molecule has 2 aromatic rings. The van der Waals surface area contributed by atoms with Gasteiger partial charge >= 0.3 is 0 Å². The minimum absolute atomic E-state index is 0.0189. The van der Waals surface area contributed by atoms with Gasteiger partial charge < -0.3 is 0 Å². The van der Waals surface area contributed by atoms with E-state index in [1.54, 1.807) is 11.3 Å². The second kappa shape index (κ2) is 5.60. The minimum Gasteiger partial charge on any atom is -0.271 e. The molecule has 0 spiro atoms. The van der Waals surface area contributed by atoms with Gasteiger partial charge in [-0.1, -0.05) is 0 Å². The summed E-state index contributed by atoms with van der Waals surface area (Å²) in [4.78, 5) is 4.46. The summed E-state index contributed by atoms with van der Waals surface area (Å²) in [5.41, 5.74) is 4.82. The Morgan fingerprint density at radius 2 is 2.28 bits per heavy atom. The number of nitrogens with zero attached hydrogens (tertiary/aromatic N) is 3. The number of aromatic nitrogens is 3. The van der Waals surface area contributed by atoms with Gasteiger partial charge in [-0.25, -0.2) is 4.98 Å². The van der Waals surface area contributed by atoms with E-state index < -0.39 is 0 Å². The molecule has 6 heteroatoms. The predicted octanol–water partition coefficient (Wildman–Crippen LogP) is 1.98. The van der Waals surface area contributed by atoms with Crippen LogP contribution in [0, 0.1) is 6.92 Å². The van der Waals surface area contributed by atoms with Crippen LogP contribution in [0.4, 0.5) is 0 Å². The van der Waals surface area contributed by atoms with E-state index in [1.807, 2.05) is 29.2 Å². The first kappa shape index (κ1) is 13.2. The van der Waals surface area contributed by atoms with E-state index in [0.29, 0.717) is 6.04 Å². The Morgan fingerprint density at radius 3 is 2.78 bits per heavy atom. The summed E-state index contributed by atoms with van der Waals surface area (Å²) >= 11 is 1.64. The third kappa shape index (κ3) is 2.95. The zero-order valence-corrected chi connectivity index (χ0v) is 11.7. The van der Waals surface area contributed by atoms with Gasteiger partial charge in [0.1, 0.15) is 0 Å². The van der Waals surface area contributed by atoms with Crippen LogP contribution >= 0.6 is 11.3 Å². The number of rotatable bonds is 5. The highest BCUT2D eigenvalue weighted by atomic mass is 32.1. The molecule has 3 N–H and O–H groups in total. The fourth-order valence-corrected chi connectivity index (χ4v) is 2.44. The van der Waals surface area contributed by atoms with Crippen molar-refractivity contribution in [1.82, 2.24) is 20.2 Å². The molecule has 2 rings (SSSR count). The molecule has 0 radical (unpaired) electrons. The molecular formula is C12H19N5S. The predicted molar refractivity (Wildman–Crippen MR) is 73.2 cm³/mol. The summed E-state index contributed by atoms with van der Waals surface area (Å²) in [5, 5.41) is 7.62. The number of hydrogen-bond acceptors (Lipinski definition) is 5. The molecule has 0 amide bonds. The van der Waals surface area contributed by atoms with Crippen LogP contribution in [0.25, 0.3) is 0 Å². The summed E-state index contributed by atoms with van der Waals surface area (Å²) in [5.74, 6) is 5.61. The lowest BCUT2D eigenvalue weighted by atomic mass is 10.1. The highest BCUT2D eigenvalue weighted by Gasteiger charge is 2.15. The van der Waals surface area contributed by atoms with Crippen LogP contribution in [0.2, 0.25) is 0 Å². The van der Waals surface area contributed by atoms with Crippen molar-refractivity contribution in [1.29, 1.82) is 0 Å². The molecular weight excluding hydrogens is 246 g/mol. The van der Waals surface area contributed by atoms with Crippen LogP contribution in [-0.2, 0) is 6.42 Å². The lowest BCUT2D eigenvalue weighted by Crippen LogP contribution is -2.30. The van der Waals surface area contributed by atoms with Gasteiger partial charge in [-0.05, 0) is 26.8 Å². The second-order valence-electron chi connectivity index (χ2n) is 4.60. The smallest absolute Gasteiger partial charge is 0.0898 e. The monoisotopic (exact) mass is 265 g/mol. The Hall–Kier alpha value is -1.24. The fourth-order valence-electron chi connectivity index (χ4n) is 1.77. The summed E-state index contributed by atoms with van der Waals surface area (Å²) in [7, 11) is 0. The molecule has 2 aromatic heterocycles. The number of aryl methyl sites for hydroxylation is 1. The Morgan fingerprint density at radius 1 is 1.50 bits per heavy atom. The molecule has 0 fully saturated rings. The number of hydrazine groups is 1. The molecule has 2 heterocycles. The molecule has 0 aliphatic carbocycles. The highest BCUT2D eigenvalue weighted by molar-refractivity contribution is 7.09. The molecule has 0 saturated heterocycles. The maximum absolute atomic E-state index is 5.61. The van der Waals surface area contributed by atoms with E-state index in [4.69, 9.17) is 5.84 Å². The van der Waals surface area contributed by atoms with Crippen molar-refractivity contribution in [3.63, 3.8) is 0 Å². The van der Waals surface area contributed by atoms with Gasteiger partial charge in [0, 0.05) is 24.0 Å². The summed E-state index contributed by atoms with van der Waals surface area (Å²) in [6.07, 6.45) is 2.75. The topological polar surface area (TPSA) is 68.8 Å². The number of nitrogens with one attached hydrogen (secondary N) is 1. The van der Waals surface area contributed by atoms with Crippen LogP contribution in [0.15, 0.2) is 17.6 Å². The standard InChI is InChI=1S/C12H19N5S/c1-8(2)17-5-4-10(16-17)6-11(15-13)12-7-18-9(3)14-12/h4-5,7-8,11,15H,6,13H2,1-3H3. The average Bonchev–Trinajstić information content (AvgIpc) is 2.94. The van der Waals surface area contributed by atoms with Gasteiger partial charge in [0.15, 0.2) is 0 Å². The first-order valence-corrected chi connectivity index (χ1v) is 6.90. The highest BCUT2D eigenvalue weighted by Crippen LogP contribution is 2.19. The molecule has 0 saturated carbocycles. The third-order valence-electron chi connectivity index (χ3n) is 2.80. The number of hydrogen-bond donors (Lipinski definition) is 2. The molecule has 0 aliphatic rings. The number of thiazole rings is 1. The van der Waals surface area contributed by atoms with E-state index in [1.165, 1.54) is 0 Å². The van der Waals surface area contributed by atoms with Crippen LogP contribution in [-0.4, -0.2) is 14.8 Å².